The van der Waals surface area contributed by atoms with E-state index in [1.165, 1.54) is 24.3 Å². The van der Waals surface area contributed by atoms with Crippen LogP contribution in [0.4, 0.5) is 5.69 Å². The molecule has 2 aromatic heterocycles. The molecule has 0 saturated heterocycles. The van der Waals surface area contributed by atoms with Gasteiger partial charge in [0.1, 0.15) is 12.3 Å². The lowest BCUT2D eigenvalue weighted by Crippen LogP contribution is -2.36. The number of nitro benzene ring substituents is 1. The van der Waals surface area contributed by atoms with Crippen molar-refractivity contribution >= 4 is 33.4 Å². The number of aryl methyl sites for hydroxylation is 1. The molecule has 0 aliphatic heterocycles. The number of ether oxygens (including phenoxy) is 1. The summed E-state index contributed by atoms with van der Waals surface area (Å²) in [6.07, 6.45) is 0. The number of benzene rings is 1. The molecule has 2 N–H and O–H groups in total. The van der Waals surface area contributed by atoms with E-state index in [1.54, 1.807) is 4.68 Å². The van der Waals surface area contributed by atoms with Gasteiger partial charge in [-0.2, -0.15) is 10.1 Å². The van der Waals surface area contributed by atoms with Crippen molar-refractivity contribution in [2.45, 2.75) is 20.4 Å². The Morgan fingerprint density at radius 3 is 2.55 bits per heavy atom. The Balaban J connectivity index is 1.37. The summed E-state index contributed by atoms with van der Waals surface area (Å²) >= 11 is 3.44. The normalized spacial score (nSPS) is 10.6. The first kappa shape index (κ1) is 23.8. The van der Waals surface area contributed by atoms with Gasteiger partial charge in [0.05, 0.1) is 20.8 Å². The number of aromatic nitrogens is 4. The molecule has 14 heteroatoms. The summed E-state index contributed by atoms with van der Waals surface area (Å²) in [6.45, 7) is 4.01. The van der Waals surface area contributed by atoms with Crippen molar-refractivity contribution in [3.8, 4) is 5.75 Å². The highest BCUT2D eigenvalue weighted by molar-refractivity contribution is 9.10. The number of carbonyl (C=O) groups excluding carboxylic acids is 2. The lowest BCUT2D eigenvalue weighted by molar-refractivity contribution is -0.384. The zero-order valence-electron chi connectivity index (χ0n) is 17.7. The maximum Gasteiger partial charge on any atom is 0.316 e. The van der Waals surface area contributed by atoms with Crippen LogP contribution in [0.5, 0.6) is 5.75 Å². The van der Waals surface area contributed by atoms with E-state index in [0.717, 1.165) is 15.9 Å². The number of hydrogen-bond donors (Lipinski definition) is 2. The fourth-order valence-electron chi connectivity index (χ4n) is 2.69. The molecule has 0 radical (unpaired) electrons. The van der Waals surface area contributed by atoms with Crippen LogP contribution in [0.2, 0.25) is 0 Å². The molecule has 1 aromatic carbocycles. The molecule has 3 rings (SSSR count). The van der Waals surface area contributed by atoms with Crippen LogP contribution in [-0.4, -0.2) is 56.4 Å². The van der Waals surface area contributed by atoms with E-state index >= 15 is 0 Å². The van der Waals surface area contributed by atoms with Crippen LogP contribution in [0, 0.1) is 24.0 Å². The molecule has 2 heterocycles. The van der Waals surface area contributed by atoms with Gasteiger partial charge in [-0.25, -0.2) is 0 Å². The van der Waals surface area contributed by atoms with E-state index in [2.05, 4.69) is 41.8 Å². The molecule has 0 aliphatic rings. The minimum Gasteiger partial charge on any atom is -0.484 e. The Bertz CT molecular complexity index is 1160. The van der Waals surface area contributed by atoms with Gasteiger partial charge in [-0.3, -0.25) is 24.4 Å². The first-order valence-electron chi connectivity index (χ1n) is 9.69. The van der Waals surface area contributed by atoms with Crippen molar-refractivity contribution in [2.24, 2.45) is 0 Å². The van der Waals surface area contributed by atoms with Crippen LogP contribution < -0.4 is 15.4 Å². The van der Waals surface area contributed by atoms with Gasteiger partial charge < -0.3 is 19.9 Å². The number of halogens is 1. The molecule has 0 unspecified atom stereocenters. The Morgan fingerprint density at radius 1 is 1.21 bits per heavy atom. The maximum absolute atomic E-state index is 12.1. The summed E-state index contributed by atoms with van der Waals surface area (Å²) in [5.74, 6) is -0.559. The van der Waals surface area contributed by atoms with Crippen molar-refractivity contribution in [3.63, 3.8) is 0 Å². The molecule has 0 aliphatic carbocycles. The average Bonchev–Trinajstić information content (AvgIpc) is 3.36. The molecule has 0 spiro atoms. The van der Waals surface area contributed by atoms with Crippen molar-refractivity contribution < 1.29 is 23.8 Å². The average molecular weight is 522 g/mol. The molecule has 0 bridgehead atoms. The summed E-state index contributed by atoms with van der Waals surface area (Å²) in [6, 6.07) is 5.36. The second-order valence-corrected chi connectivity index (χ2v) is 7.60. The molecule has 0 atom stereocenters. The van der Waals surface area contributed by atoms with Gasteiger partial charge in [0, 0.05) is 25.2 Å². The van der Waals surface area contributed by atoms with Gasteiger partial charge in [-0.15, -0.1) is 0 Å². The van der Waals surface area contributed by atoms with E-state index in [9.17, 15) is 19.7 Å². The number of carbonyl (C=O) groups is 2. The number of amides is 2. The van der Waals surface area contributed by atoms with E-state index in [-0.39, 0.29) is 37.8 Å². The quantitative estimate of drug-likeness (QED) is 0.228. The van der Waals surface area contributed by atoms with Gasteiger partial charge >= 0.3 is 11.8 Å². The van der Waals surface area contributed by atoms with Gasteiger partial charge in [-0.05, 0) is 41.9 Å². The number of rotatable bonds is 10. The largest absolute Gasteiger partial charge is 0.484 e. The minimum absolute atomic E-state index is 0.0735. The SMILES string of the molecule is Cc1nn(Cc2noc(C(=O)NCCNC(=O)COc3ccc([N+](=O)[O-])cc3)n2)c(C)c1Br. The zero-order valence-corrected chi connectivity index (χ0v) is 19.3. The predicted molar refractivity (Wildman–Crippen MR) is 117 cm³/mol. The Labute approximate surface area is 195 Å². The third-order valence-corrected chi connectivity index (χ3v) is 5.54. The molecule has 2 amide bonds. The number of hydrogen-bond acceptors (Lipinski definition) is 9. The standard InChI is InChI=1S/C19H20BrN7O6/c1-11-17(20)12(2)26(24-11)9-15-23-19(33-25-15)18(29)22-8-7-21-16(28)10-32-14-5-3-13(4-6-14)27(30)31/h3-6H,7-10H2,1-2H3,(H,21,28)(H,22,29). The van der Waals surface area contributed by atoms with Crippen molar-refractivity contribution in [3.05, 3.63) is 62.0 Å². The van der Waals surface area contributed by atoms with E-state index in [0.29, 0.717) is 11.6 Å². The highest BCUT2D eigenvalue weighted by Crippen LogP contribution is 2.20. The van der Waals surface area contributed by atoms with Crippen LogP contribution in [0.1, 0.15) is 27.9 Å². The number of nitrogens with zero attached hydrogens (tertiary/aromatic N) is 5. The van der Waals surface area contributed by atoms with Crippen LogP contribution in [-0.2, 0) is 11.3 Å². The van der Waals surface area contributed by atoms with E-state index in [4.69, 9.17) is 9.26 Å². The van der Waals surface area contributed by atoms with Crippen molar-refractivity contribution in [2.75, 3.05) is 19.7 Å². The lowest BCUT2D eigenvalue weighted by atomic mass is 10.3. The summed E-state index contributed by atoms with van der Waals surface area (Å²) < 4.78 is 12.8. The van der Waals surface area contributed by atoms with Crippen molar-refractivity contribution in [1.29, 1.82) is 0 Å². The third kappa shape index (κ3) is 6.35. The molecular formula is C19H20BrN7O6. The molecule has 0 saturated carbocycles. The topological polar surface area (TPSA) is 167 Å². The highest BCUT2D eigenvalue weighted by Gasteiger charge is 2.17. The Kier molecular flexibility index (Phi) is 7.71. The lowest BCUT2D eigenvalue weighted by Gasteiger charge is -2.07. The van der Waals surface area contributed by atoms with Crippen molar-refractivity contribution in [1.82, 2.24) is 30.6 Å². The first-order chi connectivity index (χ1) is 15.7. The molecule has 0 fully saturated rings. The Hall–Kier alpha value is -3.81. The smallest absolute Gasteiger partial charge is 0.316 e. The second-order valence-electron chi connectivity index (χ2n) is 6.80. The monoisotopic (exact) mass is 521 g/mol. The van der Waals surface area contributed by atoms with Crippen LogP contribution in [0.25, 0.3) is 0 Å². The number of nitrogens with one attached hydrogen (secondary N) is 2. The van der Waals surface area contributed by atoms with E-state index in [1.807, 2.05) is 13.8 Å². The first-order valence-corrected chi connectivity index (χ1v) is 10.5. The van der Waals surface area contributed by atoms with Gasteiger partial charge in [0.15, 0.2) is 12.4 Å². The maximum atomic E-state index is 12.1. The van der Waals surface area contributed by atoms with Gasteiger partial charge in [0.25, 0.3) is 11.6 Å². The van der Waals surface area contributed by atoms with Crippen LogP contribution in [0.3, 0.4) is 0 Å². The fourth-order valence-corrected chi connectivity index (χ4v) is 2.97. The van der Waals surface area contributed by atoms with Gasteiger partial charge in [-0.1, -0.05) is 5.16 Å². The number of nitro groups is 1. The molecule has 174 valence electrons. The molecule has 33 heavy (non-hydrogen) atoms. The second kappa shape index (κ2) is 10.7. The minimum atomic E-state index is -0.570. The highest BCUT2D eigenvalue weighted by atomic mass is 79.9. The summed E-state index contributed by atoms with van der Waals surface area (Å²) in [4.78, 5) is 38.1. The number of non-ortho nitro benzene ring substituents is 1. The molecule has 3 aromatic rings. The van der Waals surface area contributed by atoms with E-state index < -0.39 is 16.7 Å². The Morgan fingerprint density at radius 2 is 1.91 bits per heavy atom. The summed E-state index contributed by atoms with van der Waals surface area (Å²) in [5.41, 5.74) is 1.65. The molecular weight excluding hydrogens is 502 g/mol. The molecule has 13 nitrogen and oxygen atoms in total. The van der Waals surface area contributed by atoms with Crippen LogP contribution >= 0.6 is 15.9 Å². The third-order valence-electron chi connectivity index (χ3n) is 4.40. The zero-order chi connectivity index (χ0) is 24.0. The summed E-state index contributed by atoms with van der Waals surface area (Å²) in [7, 11) is 0. The summed E-state index contributed by atoms with van der Waals surface area (Å²) in [5, 5.41) is 23.9. The van der Waals surface area contributed by atoms with Crippen LogP contribution in [0.15, 0.2) is 33.3 Å². The predicted octanol–water partition coefficient (Wildman–Crippen LogP) is 1.53. The van der Waals surface area contributed by atoms with Gasteiger partial charge in [0.2, 0.25) is 0 Å². The fraction of sp³-hybridized carbons (Fsp3) is 0.316.